The van der Waals surface area contributed by atoms with E-state index in [1.54, 1.807) is 19.2 Å². The van der Waals surface area contributed by atoms with Gasteiger partial charge < -0.3 is 4.74 Å². The molecule has 0 aliphatic heterocycles. The van der Waals surface area contributed by atoms with E-state index >= 15 is 0 Å². The van der Waals surface area contributed by atoms with Crippen LogP contribution >= 0.6 is 0 Å². The molecule has 0 amide bonds. The highest BCUT2D eigenvalue weighted by Gasteiger charge is 2.02. The molecular formula is C8H11N3O. The first-order valence-electron chi connectivity index (χ1n) is 3.75. The summed E-state index contributed by atoms with van der Waals surface area (Å²) in [6.07, 6.45) is 1.62. The molecule has 1 rings (SSSR count). The number of nitrogens with one attached hydrogen (secondary N) is 1. The van der Waals surface area contributed by atoms with Crippen LogP contribution in [-0.4, -0.2) is 22.5 Å². The quantitative estimate of drug-likeness (QED) is 0.528. The zero-order valence-electron chi connectivity index (χ0n) is 7.16. The number of nitrogens with zero attached hydrogens (tertiary/aromatic N) is 2. The molecule has 1 heterocycles. The molecule has 0 saturated heterocycles. The molecule has 0 spiro atoms. The summed E-state index contributed by atoms with van der Waals surface area (Å²) in [6.45, 7) is 4.10. The van der Waals surface area contributed by atoms with Gasteiger partial charge in [-0.25, -0.2) is 9.97 Å². The van der Waals surface area contributed by atoms with Crippen LogP contribution in [0, 0.1) is 12.3 Å². The summed E-state index contributed by atoms with van der Waals surface area (Å²) >= 11 is 0. The molecular weight excluding hydrogens is 154 g/mol. The molecule has 64 valence electrons. The van der Waals surface area contributed by atoms with Crippen molar-refractivity contribution in [1.29, 1.82) is 5.41 Å². The third kappa shape index (κ3) is 2.02. The van der Waals surface area contributed by atoms with E-state index in [-0.39, 0.29) is 5.90 Å². The van der Waals surface area contributed by atoms with Crippen LogP contribution in [0.4, 0.5) is 0 Å². The minimum absolute atomic E-state index is 0.100. The van der Waals surface area contributed by atoms with E-state index in [4.69, 9.17) is 10.1 Å². The highest BCUT2D eigenvalue weighted by molar-refractivity contribution is 5.89. The van der Waals surface area contributed by atoms with Gasteiger partial charge in [-0.15, -0.1) is 0 Å². The Morgan fingerprint density at radius 1 is 1.67 bits per heavy atom. The first-order valence-corrected chi connectivity index (χ1v) is 3.75. The summed E-state index contributed by atoms with van der Waals surface area (Å²) in [5.41, 5.74) is 0.532. The molecule has 0 fully saturated rings. The molecule has 0 aliphatic rings. The van der Waals surface area contributed by atoms with Gasteiger partial charge in [-0.05, 0) is 19.9 Å². The standard InChI is InChI=1S/C8H11N3O/c1-3-12-8(9)7-4-5-10-6(2)11-7/h4-5,9H,3H2,1-2H3. The Labute approximate surface area is 71.1 Å². The van der Waals surface area contributed by atoms with Gasteiger partial charge >= 0.3 is 0 Å². The second-order valence-electron chi connectivity index (χ2n) is 2.25. The molecule has 0 aromatic carbocycles. The lowest BCUT2D eigenvalue weighted by atomic mass is 10.4. The summed E-state index contributed by atoms with van der Waals surface area (Å²) in [7, 11) is 0. The van der Waals surface area contributed by atoms with Crippen molar-refractivity contribution in [2.45, 2.75) is 13.8 Å². The van der Waals surface area contributed by atoms with Gasteiger partial charge in [-0.2, -0.15) is 0 Å². The molecule has 0 aliphatic carbocycles. The van der Waals surface area contributed by atoms with Gasteiger partial charge in [0.15, 0.2) is 0 Å². The van der Waals surface area contributed by atoms with Crippen LogP contribution in [0.5, 0.6) is 0 Å². The Kier molecular flexibility index (Phi) is 2.74. The van der Waals surface area contributed by atoms with Crippen LogP contribution in [0.25, 0.3) is 0 Å². The fraction of sp³-hybridized carbons (Fsp3) is 0.375. The van der Waals surface area contributed by atoms with E-state index in [1.807, 2.05) is 6.92 Å². The van der Waals surface area contributed by atoms with Crippen molar-refractivity contribution in [2.24, 2.45) is 0 Å². The largest absolute Gasteiger partial charge is 0.477 e. The van der Waals surface area contributed by atoms with Crippen LogP contribution in [0.15, 0.2) is 12.3 Å². The van der Waals surface area contributed by atoms with Gasteiger partial charge in [-0.1, -0.05) is 0 Å². The summed E-state index contributed by atoms with van der Waals surface area (Å²) in [6, 6.07) is 1.66. The molecule has 1 aromatic rings. The molecule has 0 bridgehead atoms. The molecule has 4 heteroatoms. The zero-order valence-corrected chi connectivity index (χ0v) is 7.16. The van der Waals surface area contributed by atoms with E-state index in [1.165, 1.54) is 0 Å². The van der Waals surface area contributed by atoms with E-state index in [0.29, 0.717) is 18.1 Å². The van der Waals surface area contributed by atoms with Crippen molar-refractivity contribution >= 4 is 5.90 Å². The summed E-state index contributed by atoms with van der Waals surface area (Å²) in [5.74, 6) is 0.750. The molecule has 0 radical (unpaired) electrons. The second kappa shape index (κ2) is 3.80. The maximum atomic E-state index is 7.41. The lowest BCUT2D eigenvalue weighted by molar-refractivity contribution is 0.324. The zero-order chi connectivity index (χ0) is 8.97. The topological polar surface area (TPSA) is 58.9 Å². The van der Waals surface area contributed by atoms with Crippen molar-refractivity contribution in [3.63, 3.8) is 0 Å². The van der Waals surface area contributed by atoms with Gasteiger partial charge in [0, 0.05) is 6.20 Å². The number of rotatable bonds is 2. The van der Waals surface area contributed by atoms with E-state index in [2.05, 4.69) is 9.97 Å². The smallest absolute Gasteiger partial charge is 0.232 e. The van der Waals surface area contributed by atoms with Crippen molar-refractivity contribution in [3.8, 4) is 0 Å². The Bertz CT molecular complexity index is 285. The predicted molar refractivity (Wildman–Crippen MR) is 45.2 cm³/mol. The maximum absolute atomic E-state index is 7.41. The third-order valence-corrected chi connectivity index (χ3v) is 1.30. The minimum Gasteiger partial charge on any atom is -0.477 e. The normalized spacial score (nSPS) is 9.50. The fourth-order valence-electron chi connectivity index (χ4n) is 0.801. The van der Waals surface area contributed by atoms with E-state index in [9.17, 15) is 0 Å². The molecule has 0 saturated carbocycles. The number of aromatic nitrogens is 2. The molecule has 12 heavy (non-hydrogen) atoms. The average Bonchev–Trinajstić information content (AvgIpc) is 2.05. The van der Waals surface area contributed by atoms with Crippen LogP contribution in [-0.2, 0) is 4.74 Å². The highest BCUT2D eigenvalue weighted by Crippen LogP contribution is 1.96. The molecule has 0 unspecified atom stereocenters. The summed E-state index contributed by atoms with van der Waals surface area (Å²) < 4.78 is 4.98. The van der Waals surface area contributed by atoms with Gasteiger partial charge in [0.2, 0.25) is 5.90 Å². The molecule has 4 nitrogen and oxygen atoms in total. The Morgan fingerprint density at radius 2 is 2.42 bits per heavy atom. The van der Waals surface area contributed by atoms with Crippen molar-refractivity contribution in [3.05, 3.63) is 23.8 Å². The van der Waals surface area contributed by atoms with Crippen LogP contribution < -0.4 is 0 Å². The van der Waals surface area contributed by atoms with Gasteiger partial charge in [0.25, 0.3) is 0 Å². The van der Waals surface area contributed by atoms with Crippen LogP contribution in [0.2, 0.25) is 0 Å². The maximum Gasteiger partial charge on any atom is 0.232 e. The van der Waals surface area contributed by atoms with Crippen LogP contribution in [0.3, 0.4) is 0 Å². The predicted octanol–water partition coefficient (Wildman–Crippen LogP) is 1.15. The first kappa shape index (κ1) is 8.64. The molecule has 1 aromatic heterocycles. The SMILES string of the molecule is CCOC(=N)c1ccnc(C)n1. The van der Waals surface area contributed by atoms with E-state index in [0.717, 1.165) is 0 Å². The van der Waals surface area contributed by atoms with Crippen molar-refractivity contribution in [1.82, 2.24) is 9.97 Å². The number of hydrogen-bond donors (Lipinski definition) is 1. The van der Waals surface area contributed by atoms with Gasteiger partial charge in [0.05, 0.1) is 6.61 Å². The minimum atomic E-state index is 0.100. The average molecular weight is 165 g/mol. The molecule has 1 N–H and O–H groups in total. The Balaban J connectivity index is 2.81. The highest BCUT2D eigenvalue weighted by atomic mass is 16.5. The number of aryl methyl sites for hydroxylation is 1. The third-order valence-electron chi connectivity index (χ3n) is 1.30. The van der Waals surface area contributed by atoms with Crippen molar-refractivity contribution in [2.75, 3.05) is 6.61 Å². The van der Waals surface area contributed by atoms with Gasteiger partial charge in [0.1, 0.15) is 11.5 Å². The van der Waals surface area contributed by atoms with Crippen molar-refractivity contribution < 1.29 is 4.74 Å². The number of hydrogen-bond acceptors (Lipinski definition) is 4. The van der Waals surface area contributed by atoms with Crippen LogP contribution in [0.1, 0.15) is 18.4 Å². The Hall–Kier alpha value is -1.45. The van der Waals surface area contributed by atoms with Gasteiger partial charge in [-0.3, -0.25) is 5.41 Å². The molecule has 0 atom stereocenters. The lowest BCUT2D eigenvalue weighted by Crippen LogP contribution is -2.08. The number of ether oxygens (including phenoxy) is 1. The Morgan fingerprint density at radius 3 is 3.00 bits per heavy atom. The van der Waals surface area contributed by atoms with E-state index < -0.39 is 0 Å². The monoisotopic (exact) mass is 165 g/mol. The summed E-state index contributed by atoms with van der Waals surface area (Å²) in [4.78, 5) is 7.95. The lowest BCUT2D eigenvalue weighted by Gasteiger charge is -2.03. The first-order chi connectivity index (χ1) is 5.74. The second-order valence-corrected chi connectivity index (χ2v) is 2.25. The fourth-order valence-corrected chi connectivity index (χ4v) is 0.801. The summed E-state index contributed by atoms with van der Waals surface area (Å²) in [5, 5.41) is 7.41.